The van der Waals surface area contributed by atoms with Gasteiger partial charge in [0, 0.05) is 15.9 Å². The SMILES string of the molecule is COc1cccc(C2CC(c3ccc(Br)cc3)=NN2c2cccc(Cl)c2)c1. The Hall–Kier alpha value is -2.30. The maximum Gasteiger partial charge on any atom is 0.119 e. The second kappa shape index (κ2) is 7.75. The van der Waals surface area contributed by atoms with Gasteiger partial charge in [0.25, 0.3) is 0 Å². The number of halogens is 2. The number of hydrogen-bond acceptors (Lipinski definition) is 3. The first kappa shape index (κ1) is 18.1. The highest BCUT2D eigenvalue weighted by Gasteiger charge is 2.30. The lowest BCUT2D eigenvalue weighted by molar-refractivity contribution is 0.414. The molecule has 3 nitrogen and oxygen atoms in total. The van der Waals surface area contributed by atoms with Gasteiger partial charge in [-0.05, 0) is 53.6 Å². The van der Waals surface area contributed by atoms with Crippen LogP contribution in [0.2, 0.25) is 5.02 Å². The number of methoxy groups -OCH3 is 1. The molecule has 1 heterocycles. The number of nitrogens with zero attached hydrogens (tertiary/aromatic N) is 2. The molecule has 1 unspecified atom stereocenters. The van der Waals surface area contributed by atoms with E-state index in [0.29, 0.717) is 5.02 Å². The number of rotatable bonds is 4. The van der Waals surface area contributed by atoms with E-state index in [0.717, 1.165) is 39.2 Å². The Balaban J connectivity index is 1.76. The number of hydrogen-bond donors (Lipinski definition) is 0. The molecule has 1 aliphatic rings. The summed E-state index contributed by atoms with van der Waals surface area (Å²) in [4.78, 5) is 0. The van der Waals surface area contributed by atoms with E-state index < -0.39 is 0 Å². The highest BCUT2D eigenvalue weighted by atomic mass is 79.9. The van der Waals surface area contributed by atoms with Crippen molar-refractivity contribution >= 4 is 38.9 Å². The zero-order valence-electron chi connectivity index (χ0n) is 14.8. The van der Waals surface area contributed by atoms with Gasteiger partial charge in [0.2, 0.25) is 0 Å². The molecule has 0 saturated carbocycles. The fraction of sp³-hybridized carbons (Fsp3) is 0.136. The fourth-order valence-electron chi connectivity index (χ4n) is 3.29. The first-order valence-corrected chi connectivity index (χ1v) is 9.83. The number of hydrazone groups is 1. The van der Waals surface area contributed by atoms with Crippen LogP contribution in [0.15, 0.2) is 82.4 Å². The molecule has 0 radical (unpaired) electrons. The first-order chi connectivity index (χ1) is 13.1. The van der Waals surface area contributed by atoms with E-state index in [2.05, 4.69) is 45.2 Å². The molecule has 1 atom stereocenters. The second-order valence-corrected chi connectivity index (χ2v) is 7.73. The van der Waals surface area contributed by atoms with Crippen LogP contribution in [0.3, 0.4) is 0 Å². The van der Waals surface area contributed by atoms with Gasteiger partial charge >= 0.3 is 0 Å². The number of benzene rings is 3. The average Bonchev–Trinajstić information content (AvgIpc) is 3.14. The molecule has 27 heavy (non-hydrogen) atoms. The van der Waals surface area contributed by atoms with Crippen molar-refractivity contribution < 1.29 is 4.74 Å². The lowest BCUT2D eigenvalue weighted by Crippen LogP contribution is -2.18. The molecule has 0 bridgehead atoms. The summed E-state index contributed by atoms with van der Waals surface area (Å²) in [5.41, 5.74) is 4.30. The minimum atomic E-state index is 0.0808. The molecule has 136 valence electrons. The van der Waals surface area contributed by atoms with E-state index in [1.54, 1.807) is 7.11 Å². The van der Waals surface area contributed by atoms with Gasteiger partial charge in [-0.15, -0.1) is 0 Å². The van der Waals surface area contributed by atoms with E-state index in [1.807, 2.05) is 48.5 Å². The van der Waals surface area contributed by atoms with Crippen LogP contribution in [0.5, 0.6) is 5.75 Å². The van der Waals surface area contributed by atoms with Crippen LogP contribution in [-0.4, -0.2) is 12.8 Å². The first-order valence-electron chi connectivity index (χ1n) is 8.66. The summed E-state index contributed by atoms with van der Waals surface area (Å²) in [6.45, 7) is 0. The van der Waals surface area contributed by atoms with Crippen LogP contribution in [0.1, 0.15) is 23.6 Å². The molecule has 3 aromatic rings. The highest BCUT2D eigenvalue weighted by molar-refractivity contribution is 9.10. The Kier molecular flexibility index (Phi) is 5.19. The van der Waals surface area contributed by atoms with Gasteiger partial charge in [0.15, 0.2) is 0 Å². The molecule has 0 spiro atoms. The van der Waals surface area contributed by atoms with Crippen molar-refractivity contribution in [2.75, 3.05) is 12.1 Å². The molecule has 3 aromatic carbocycles. The third-order valence-corrected chi connectivity index (χ3v) is 5.40. The minimum absolute atomic E-state index is 0.0808. The van der Waals surface area contributed by atoms with Gasteiger partial charge < -0.3 is 4.74 Å². The Morgan fingerprint density at radius 2 is 1.81 bits per heavy atom. The van der Waals surface area contributed by atoms with Crippen molar-refractivity contribution in [1.82, 2.24) is 0 Å². The maximum absolute atomic E-state index is 6.24. The summed E-state index contributed by atoms with van der Waals surface area (Å²) in [6, 6.07) is 24.3. The molecule has 0 aliphatic carbocycles. The smallest absolute Gasteiger partial charge is 0.119 e. The Morgan fingerprint density at radius 3 is 2.56 bits per heavy atom. The highest BCUT2D eigenvalue weighted by Crippen LogP contribution is 2.38. The molecule has 5 heteroatoms. The van der Waals surface area contributed by atoms with Crippen LogP contribution in [0.4, 0.5) is 5.69 Å². The predicted octanol–water partition coefficient (Wildman–Crippen LogP) is 6.47. The van der Waals surface area contributed by atoms with E-state index >= 15 is 0 Å². The van der Waals surface area contributed by atoms with E-state index in [1.165, 1.54) is 0 Å². The summed E-state index contributed by atoms with van der Waals surface area (Å²) in [7, 11) is 1.69. The summed E-state index contributed by atoms with van der Waals surface area (Å²) in [6.07, 6.45) is 0.807. The lowest BCUT2D eigenvalue weighted by Gasteiger charge is -2.24. The largest absolute Gasteiger partial charge is 0.497 e. The number of ether oxygens (including phenoxy) is 1. The molecular formula is C22H18BrClN2O. The van der Waals surface area contributed by atoms with Crippen molar-refractivity contribution in [3.8, 4) is 5.75 Å². The summed E-state index contributed by atoms with van der Waals surface area (Å²) < 4.78 is 6.47. The average molecular weight is 442 g/mol. The maximum atomic E-state index is 6.24. The number of anilines is 1. The van der Waals surface area contributed by atoms with Crippen molar-refractivity contribution in [2.24, 2.45) is 5.10 Å². The van der Waals surface area contributed by atoms with Crippen molar-refractivity contribution in [3.05, 3.63) is 93.4 Å². The van der Waals surface area contributed by atoms with Crippen LogP contribution in [-0.2, 0) is 0 Å². The molecule has 0 fully saturated rings. The normalized spacial score (nSPS) is 16.3. The van der Waals surface area contributed by atoms with Gasteiger partial charge in [-0.2, -0.15) is 5.10 Å². The zero-order valence-corrected chi connectivity index (χ0v) is 17.1. The van der Waals surface area contributed by atoms with Gasteiger partial charge in [-0.25, -0.2) is 0 Å². The van der Waals surface area contributed by atoms with E-state index in [4.69, 9.17) is 21.4 Å². The quantitative estimate of drug-likeness (QED) is 0.464. The molecule has 0 aromatic heterocycles. The van der Waals surface area contributed by atoms with Crippen LogP contribution in [0, 0.1) is 0 Å². The topological polar surface area (TPSA) is 24.8 Å². The third kappa shape index (κ3) is 3.87. The minimum Gasteiger partial charge on any atom is -0.497 e. The predicted molar refractivity (Wildman–Crippen MR) is 115 cm³/mol. The standard InChI is InChI=1S/C22H18BrClN2O/c1-27-20-7-2-4-16(12-20)22-14-21(15-8-10-17(23)11-9-15)25-26(22)19-6-3-5-18(24)13-19/h2-13,22H,14H2,1H3. The van der Waals surface area contributed by atoms with Crippen LogP contribution < -0.4 is 9.75 Å². The van der Waals surface area contributed by atoms with Gasteiger partial charge in [0.1, 0.15) is 5.75 Å². The van der Waals surface area contributed by atoms with Gasteiger partial charge in [0.05, 0.1) is 24.6 Å². The Bertz CT molecular complexity index is 988. The Morgan fingerprint density at radius 1 is 1.04 bits per heavy atom. The van der Waals surface area contributed by atoms with Gasteiger partial charge in [-0.1, -0.05) is 57.9 Å². The molecule has 4 rings (SSSR count). The van der Waals surface area contributed by atoms with Crippen molar-refractivity contribution in [2.45, 2.75) is 12.5 Å². The van der Waals surface area contributed by atoms with Crippen molar-refractivity contribution in [1.29, 1.82) is 0 Å². The zero-order chi connectivity index (χ0) is 18.8. The molecule has 1 aliphatic heterocycles. The summed E-state index contributed by atoms with van der Waals surface area (Å²) in [5, 5.41) is 7.70. The van der Waals surface area contributed by atoms with Gasteiger partial charge in [-0.3, -0.25) is 5.01 Å². The second-order valence-electron chi connectivity index (χ2n) is 6.37. The van der Waals surface area contributed by atoms with Crippen LogP contribution in [0.25, 0.3) is 0 Å². The molecule has 0 N–H and O–H groups in total. The molecule has 0 amide bonds. The molecule has 0 saturated heterocycles. The summed E-state index contributed by atoms with van der Waals surface area (Å²) in [5.74, 6) is 0.843. The monoisotopic (exact) mass is 440 g/mol. The van der Waals surface area contributed by atoms with E-state index in [9.17, 15) is 0 Å². The van der Waals surface area contributed by atoms with E-state index in [-0.39, 0.29) is 6.04 Å². The lowest BCUT2D eigenvalue weighted by atomic mass is 9.98. The van der Waals surface area contributed by atoms with Crippen molar-refractivity contribution in [3.63, 3.8) is 0 Å². The Labute approximate surface area is 172 Å². The van der Waals surface area contributed by atoms with Crippen LogP contribution >= 0.6 is 27.5 Å². The summed E-state index contributed by atoms with van der Waals surface area (Å²) >= 11 is 9.73. The third-order valence-electron chi connectivity index (χ3n) is 4.64. The fourth-order valence-corrected chi connectivity index (χ4v) is 3.74. The molecular weight excluding hydrogens is 424 g/mol.